The molecule has 0 bridgehead atoms. The van der Waals surface area contributed by atoms with Gasteiger partial charge in [-0.3, -0.25) is 4.79 Å². The number of aromatic nitrogens is 3. The summed E-state index contributed by atoms with van der Waals surface area (Å²) < 4.78 is 23.5. The van der Waals surface area contributed by atoms with E-state index in [0.717, 1.165) is 22.4 Å². The molecule has 0 spiro atoms. The maximum absolute atomic E-state index is 14.3. The zero-order valence-corrected chi connectivity index (χ0v) is 17.2. The van der Waals surface area contributed by atoms with Crippen LogP contribution in [0.3, 0.4) is 0 Å². The number of benzene rings is 2. The van der Waals surface area contributed by atoms with Gasteiger partial charge in [-0.05, 0) is 25.1 Å². The van der Waals surface area contributed by atoms with E-state index < -0.39 is 0 Å². The molecule has 1 N–H and O–H groups in total. The summed E-state index contributed by atoms with van der Waals surface area (Å²) in [5.74, 6) is 0.167. The lowest BCUT2D eigenvalue weighted by Gasteiger charge is -2.16. The first kappa shape index (κ1) is 19.1. The molecule has 0 fully saturated rings. The van der Waals surface area contributed by atoms with Crippen molar-refractivity contribution in [3.8, 4) is 0 Å². The molecule has 1 amide bonds. The Balaban J connectivity index is 1.47. The van der Waals surface area contributed by atoms with Crippen LogP contribution in [0, 0.1) is 5.82 Å². The van der Waals surface area contributed by atoms with Gasteiger partial charge in [-0.15, -0.1) is 0 Å². The van der Waals surface area contributed by atoms with Crippen LogP contribution in [0.4, 0.5) is 4.39 Å². The maximum atomic E-state index is 14.3. The molecule has 1 unspecified atom stereocenters. The molecular formula is C24H21FN4O2. The van der Waals surface area contributed by atoms with Gasteiger partial charge in [0.15, 0.2) is 5.58 Å². The number of para-hydroxylation sites is 2. The van der Waals surface area contributed by atoms with Crippen LogP contribution >= 0.6 is 0 Å². The summed E-state index contributed by atoms with van der Waals surface area (Å²) in [4.78, 5) is 17.9. The number of amides is 1. The average Bonchev–Trinajstić information content (AvgIpc) is 3.44. The molecule has 2 aromatic carbocycles. The summed E-state index contributed by atoms with van der Waals surface area (Å²) >= 11 is 0. The van der Waals surface area contributed by atoms with E-state index >= 15 is 0 Å². The van der Waals surface area contributed by atoms with Crippen LogP contribution in [0.5, 0.6) is 0 Å². The molecular weight excluding hydrogens is 395 g/mol. The number of nitrogens with zero attached hydrogens (tertiary/aromatic N) is 3. The third-order valence-electron chi connectivity index (χ3n) is 5.60. The van der Waals surface area contributed by atoms with Crippen molar-refractivity contribution < 1.29 is 13.6 Å². The minimum Gasteiger partial charge on any atom is -0.463 e. The predicted molar refractivity (Wildman–Crippen MR) is 116 cm³/mol. The molecule has 0 saturated heterocycles. The van der Waals surface area contributed by atoms with E-state index in [4.69, 9.17) is 4.42 Å². The number of aryl methyl sites for hydroxylation is 1. The highest BCUT2D eigenvalue weighted by molar-refractivity contribution is 5.97. The normalized spacial score (nSPS) is 12.5. The Bertz CT molecular complexity index is 1410. The molecule has 31 heavy (non-hydrogen) atoms. The van der Waals surface area contributed by atoms with Crippen LogP contribution in [-0.4, -0.2) is 20.0 Å². The van der Waals surface area contributed by atoms with Gasteiger partial charge >= 0.3 is 0 Å². The second-order valence-electron chi connectivity index (χ2n) is 7.59. The molecule has 3 aromatic heterocycles. The second-order valence-corrected chi connectivity index (χ2v) is 7.59. The van der Waals surface area contributed by atoms with Gasteiger partial charge in [0.1, 0.15) is 17.3 Å². The summed E-state index contributed by atoms with van der Waals surface area (Å²) in [6.45, 7) is 2.12. The summed E-state index contributed by atoms with van der Waals surface area (Å²) in [5.41, 5.74) is 4.10. The predicted octanol–water partition coefficient (Wildman–Crippen LogP) is 4.80. The first-order valence-corrected chi connectivity index (χ1v) is 10.1. The monoisotopic (exact) mass is 416 g/mol. The molecule has 6 nitrogen and oxygen atoms in total. The quantitative estimate of drug-likeness (QED) is 0.448. The van der Waals surface area contributed by atoms with E-state index in [1.165, 1.54) is 6.07 Å². The van der Waals surface area contributed by atoms with Crippen molar-refractivity contribution in [2.75, 3.05) is 0 Å². The number of nitrogens with one attached hydrogen (secondary N) is 1. The minimum atomic E-state index is -0.326. The molecule has 0 saturated carbocycles. The molecule has 5 aromatic rings. The van der Waals surface area contributed by atoms with Crippen LogP contribution in [0.2, 0.25) is 0 Å². The molecule has 5 rings (SSSR count). The van der Waals surface area contributed by atoms with Crippen molar-refractivity contribution in [2.45, 2.75) is 19.5 Å². The fraction of sp³-hybridized carbons (Fsp3) is 0.167. The highest BCUT2D eigenvalue weighted by Gasteiger charge is 2.22. The maximum Gasteiger partial charge on any atom is 0.268 e. The molecule has 0 aliphatic heterocycles. The second kappa shape index (κ2) is 7.43. The van der Waals surface area contributed by atoms with Gasteiger partial charge in [0.05, 0.1) is 35.4 Å². The number of carbonyl (C=O) groups is 1. The van der Waals surface area contributed by atoms with Crippen LogP contribution in [0.15, 0.2) is 71.3 Å². The molecule has 0 aliphatic rings. The number of hydrogen-bond acceptors (Lipinski definition) is 3. The van der Waals surface area contributed by atoms with Gasteiger partial charge in [-0.25, -0.2) is 9.37 Å². The molecule has 156 valence electrons. The third kappa shape index (κ3) is 3.28. The number of imidazole rings is 1. The van der Waals surface area contributed by atoms with E-state index in [9.17, 15) is 9.18 Å². The molecule has 3 heterocycles. The summed E-state index contributed by atoms with van der Waals surface area (Å²) in [5, 5.41) is 3.03. The van der Waals surface area contributed by atoms with Crippen LogP contribution < -0.4 is 5.32 Å². The van der Waals surface area contributed by atoms with E-state index in [-0.39, 0.29) is 24.3 Å². The third-order valence-corrected chi connectivity index (χ3v) is 5.60. The van der Waals surface area contributed by atoms with Gasteiger partial charge in [0, 0.05) is 24.7 Å². The van der Waals surface area contributed by atoms with Crippen LogP contribution in [0.25, 0.3) is 22.1 Å². The van der Waals surface area contributed by atoms with E-state index in [2.05, 4.69) is 10.3 Å². The average molecular weight is 416 g/mol. The minimum absolute atomic E-state index is 0.221. The summed E-state index contributed by atoms with van der Waals surface area (Å²) in [6, 6.07) is 17.5. The smallest absolute Gasteiger partial charge is 0.268 e. The Kier molecular flexibility index (Phi) is 4.58. The summed E-state index contributed by atoms with van der Waals surface area (Å²) in [6.07, 6.45) is 1.56. The highest BCUT2D eigenvalue weighted by Crippen LogP contribution is 2.25. The number of fused-ring (bicyclic) bond motifs is 2. The Morgan fingerprint density at radius 2 is 1.90 bits per heavy atom. The van der Waals surface area contributed by atoms with Crippen molar-refractivity contribution in [3.63, 3.8) is 0 Å². The van der Waals surface area contributed by atoms with Gasteiger partial charge in [-0.1, -0.05) is 30.3 Å². The SMILES string of the molecule is CC(NC(=O)c1cc2occc2n1Cc1ccccc1F)c1nc2ccccc2n1C. The number of carbonyl (C=O) groups excluding carboxylic acids is 1. The number of furan rings is 1. The van der Waals surface area contributed by atoms with Gasteiger partial charge in [0.2, 0.25) is 0 Å². The fourth-order valence-corrected chi connectivity index (χ4v) is 4.02. The summed E-state index contributed by atoms with van der Waals surface area (Å²) in [7, 11) is 1.93. The number of halogens is 1. The lowest BCUT2D eigenvalue weighted by atomic mass is 10.2. The Morgan fingerprint density at radius 1 is 1.13 bits per heavy atom. The van der Waals surface area contributed by atoms with Crippen molar-refractivity contribution >= 4 is 28.0 Å². The van der Waals surface area contributed by atoms with Gasteiger partial charge in [-0.2, -0.15) is 0 Å². The van der Waals surface area contributed by atoms with E-state index in [0.29, 0.717) is 16.8 Å². The molecule has 1 atom stereocenters. The van der Waals surface area contributed by atoms with E-state index in [1.807, 2.05) is 42.8 Å². The Hall–Kier alpha value is -3.87. The largest absolute Gasteiger partial charge is 0.463 e. The van der Waals surface area contributed by atoms with Crippen molar-refractivity contribution in [1.82, 2.24) is 19.4 Å². The molecule has 0 aliphatic carbocycles. The fourth-order valence-electron chi connectivity index (χ4n) is 4.02. The van der Waals surface area contributed by atoms with Crippen LogP contribution in [-0.2, 0) is 13.6 Å². The zero-order chi connectivity index (χ0) is 21.5. The lowest BCUT2D eigenvalue weighted by Crippen LogP contribution is -2.30. The van der Waals surface area contributed by atoms with Gasteiger partial charge in [0.25, 0.3) is 5.91 Å². The number of rotatable bonds is 5. The highest BCUT2D eigenvalue weighted by atomic mass is 19.1. The molecule has 7 heteroatoms. The Labute approximate surface area is 177 Å². The lowest BCUT2D eigenvalue weighted by molar-refractivity contribution is 0.0929. The zero-order valence-electron chi connectivity index (χ0n) is 17.2. The van der Waals surface area contributed by atoms with Crippen molar-refractivity contribution in [2.24, 2.45) is 7.05 Å². The van der Waals surface area contributed by atoms with E-state index in [1.54, 1.807) is 41.2 Å². The number of hydrogen-bond donors (Lipinski definition) is 1. The first-order valence-electron chi connectivity index (χ1n) is 10.1. The first-order chi connectivity index (χ1) is 15.0. The van der Waals surface area contributed by atoms with Crippen molar-refractivity contribution in [1.29, 1.82) is 0 Å². The van der Waals surface area contributed by atoms with Gasteiger partial charge < -0.3 is 18.9 Å². The standard InChI is InChI=1S/C24H21FN4O2/c1-15(23-27-18-9-5-6-10-19(18)28(23)2)26-24(30)21-13-22-20(11-12-31-22)29(21)14-16-7-3-4-8-17(16)25/h3-13,15H,14H2,1-2H3,(H,26,30). The molecule has 0 radical (unpaired) electrons. The Morgan fingerprint density at radius 3 is 2.71 bits per heavy atom. The van der Waals surface area contributed by atoms with Crippen molar-refractivity contribution in [3.05, 3.63) is 89.8 Å². The topological polar surface area (TPSA) is 65.0 Å². The van der Waals surface area contributed by atoms with Crippen LogP contribution in [0.1, 0.15) is 34.8 Å².